The summed E-state index contributed by atoms with van der Waals surface area (Å²) in [6.07, 6.45) is 0. The molecule has 2 aromatic rings. The number of carbonyl (C=O) groups excluding carboxylic acids is 3. The van der Waals surface area contributed by atoms with E-state index in [4.69, 9.17) is 0 Å². The molecule has 4 amide bonds. The van der Waals surface area contributed by atoms with Crippen LogP contribution in [0.2, 0.25) is 0 Å². The lowest BCUT2D eigenvalue weighted by molar-refractivity contribution is -0.129. The van der Waals surface area contributed by atoms with Gasteiger partial charge in [-0.25, -0.2) is 4.79 Å². The molecule has 0 aliphatic carbocycles. The SMILES string of the molecule is CCN(Cc1cccc(NC(=O)c2ccccc2NC(=O)NC(C)C)c1)C(C)=O. The van der Waals surface area contributed by atoms with Crippen molar-refractivity contribution in [3.05, 3.63) is 59.7 Å². The number of urea groups is 1. The van der Waals surface area contributed by atoms with Crippen molar-refractivity contribution in [1.82, 2.24) is 10.2 Å². The van der Waals surface area contributed by atoms with Crippen LogP contribution in [0, 0.1) is 0 Å². The number of benzene rings is 2. The van der Waals surface area contributed by atoms with Crippen LogP contribution in [0.1, 0.15) is 43.6 Å². The van der Waals surface area contributed by atoms with Crippen molar-refractivity contribution in [2.24, 2.45) is 0 Å². The van der Waals surface area contributed by atoms with Gasteiger partial charge in [-0.05, 0) is 50.6 Å². The fraction of sp³-hybridized carbons (Fsp3) is 0.318. The van der Waals surface area contributed by atoms with Gasteiger partial charge in [-0.15, -0.1) is 0 Å². The highest BCUT2D eigenvalue weighted by Gasteiger charge is 2.14. The van der Waals surface area contributed by atoms with Crippen molar-refractivity contribution in [3.8, 4) is 0 Å². The monoisotopic (exact) mass is 396 g/mol. The van der Waals surface area contributed by atoms with Crippen LogP contribution in [0.4, 0.5) is 16.2 Å². The summed E-state index contributed by atoms with van der Waals surface area (Å²) >= 11 is 0. The minimum Gasteiger partial charge on any atom is -0.339 e. The zero-order chi connectivity index (χ0) is 21.4. The van der Waals surface area contributed by atoms with Crippen LogP contribution in [0.15, 0.2) is 48.5 Å². The number of anilines is 2. The van der Waals surface area contributed by atoms with E-state index < -0.39 is 0 Å². The Balaban J connectivity index is 2.14. The average Bonchev–Trinajstić information content (AvgIpc) is 2.65. The average molecular weight is 396 g/mol. The smallest absolute Gasteiger partial charge is 0.319 e. The van der Waals surface area contributed by atoms with Gasteiger partial charge in [0.15, 0.2) is 0 Å². The van der Waals surface area contributed by atoms with Crippen LogP contribution in [-0.2, 0) is 11.3 Å². The zero-order valence-corrected chi connectivity index (χ0v) is 17.3. The van der Waals surface area contributed by atoms with Gasteiger partial charge in [-0.2, -0.15) is 0 Å². The van der Waals surface area contributed by atoms with Crippen LogP contribution in [-0.4, -0.2) is 35.3 Å². The number of rotatable bonds is 7. The molecule has 0 fully saturated rings. The van der Waals surface area contributed by atoms with Gasteiger partial charge in [0, 0.05) is 31.7 Å². The third-order valence-electron chi connectivity index (χ3n) is 4.22. The highest BCUT2D eigenvalue weighted by atomic mass is 16.2. The largest absolute Gasteiger partial charge is 0.339 e. The lowest BCUT2D eigenvalue weighted by Crippen LogP contribution is -2.34. The number of nitrogens with one attached hydrogen (secondary N) is 3. The maximum Gasteiger partial charge on any atom is 0.319 e. The summed E-state index contributed by atoms with van der Waals surface area (Å²) in [5.74, 6) is -0.330. The second-order valence-electron chi connectivity index (χ2n) is 6.99. The van der Waals surface area contributed by atoms with E-state index in [-0.39, 0.29) is 23.9 Å². The van der Waals surface area contributed by atoms with Crippen LogP contribution >= 0.6 is 0 Å². The first-order chi connectivity index (χ1) is 13.8. The number of hydrogen-bond donors (Lipinski definition) is 3. The molecule has 0 heterocycles. The van der Waals surface area contributed by atoms with E-state index in [1.807, 2.05) is 39.0 Å². The fourth-order valence-corrected chi connectivity index (χ4v) is 2.82. The van der Waals surface area contributed by atoms with Gasteiger partial charge in [0.2, 0.25) is 5.91 Å². The van der Waals surface area contributed by atoms with E-state index in [0.717, 1.165) is 5.56 Å². The lowest BCUT2D eigenvalue weighted by atomic mass is 10.1. The van der Waals surface area contributed by atoms with E-state index in [9.17, 15) is 14.4 Å². The Morgan fingerprint density at radius 3 is 2.38 bits per heavy atom. The lowest BCUT2D eigenvalue weighted by Gasteiger charge is -2.19. The third kappa shape index (κ3) is 6.64. The summed E-state index contributed by atoms with van der Waals surface area (Å²) in [5.41, 5.74) is 2.32. The Morgan fingerprint density at radius 2 is 1.72 bits per heavy atom. The molecule has 0 aliphatic heterocycles. The zero-order valence-electron chi connectivity index (χ0n) is 17.3. The van der Waals surface area contributed by atoms with E-state index >= 15 is 0 Å². The van der Waals surface area contributed by atoms with Crippen LogP contribution in [0.5, 0.6) is 0 Å². The van der Waals surface area contributed by atoms with Gasteiger partial charge in [0.25, 0.3) is 5.91 Å². The summed E-state index contributed by atoms with van der Waals surface area (Å²) < 4.78 is 0. The van der Waals surface area contributed by atoms with Crippen LogP contribution in [0.3, 0.4) is 0 Å². The van der Waals surface area contributed by atoms with Crippen molar-refractivity contribution in [1.29, 1.82) is 0 Å². The van der Waals surface area contributed by atoms with E-state index in [0.29, 0.717) is 30.0 Å². The molecule has 0 saturated carbocycles. The van der Waals surface area contributed by atoms with Crippen LogP contribution < -0.4 is 16.0 Å². The molecule has 0 aliphatic rings. The molecule has 0 unspecified atom stereocenters. The summed E-state index contributed by atoms with van der Waals surface area (Å²) in [6.45, 7) is 8.27. The van der Waals surface area contributed by atoms with E-state index in [1.54, 1.807) is 35.2 Å². The van der Waals surface area contributed by atoms with Crippen molar-refractivity contribution in [2.75, 3.05) is 17.2 Å². The van der Waals surface area contributed by atoms with Gasteiger partial charge in [-0.1, -0.05) is 24.3 Å². The first kappa shape index (κ1) is 21.9. The molecule has 0 atom stereocenters. The number of hydrogen-bond acceptors (Lipinski definition) is 3. The number of para-hydroxylation sites is 1. The molecule has 0 saturated heterocycles. The fourth-order valence-electron chi connectivity index (χ4n) is 2.82. The summed E-state index contributed by atoms with van der Waals surface area (Å²) in [5, 5.41) is 8.30. The Labute approximate surface area is 171 Å². The Hall–Kier alpha value is -3.35. The second kappa shape index (κ2) is 10.3. The Morgan fingerprint density at radius 1 is 1.00 bits per heavy atom. The quantitative estimate of drug-likeness (QED) is 0.664. The minimum absolute atomic E-state index is 0.00150. The minimum atomic E-state index is -0.369. The Bertz CT molecular complexity index is 880. The molecule has 0 bridgehead atoms. The maximum absolute atomic E-state index is 12.8. The predicted molar refractivity (Wildman–Crippen MR) is 115 cm³/mol. The third-order valence-corrected chi connectivity index (χ3v) is 4.22. The molecule has 154 valence electrons. The standard InChI is InChI=1S/C22H28N4O3/c1-5-26(16(4)27)14-17-9-8-10-18(13-17)24-21(28)19-11-6-7-12-20(19)25-22(29)23-15(2)3/h6-13,15H,5,14H2,1-4H3,(H,24,28)(H2,23,25,29). The number of carbonyl (C=O) groups is 3. The highest BCUT2D eigenvalue weighted by Crippen LogP contribution is 2.19. The molecule has 0 spiro atoms. The molecule has 7 nitrogen and oxygen atoms in total. The second-order valence-corrected chi connectivity index (χ2v) is 6.99. The van der Waals surface area contributed by atoms with Crippen molar-refractivity contribution >= 4 is 29.2 Å². The molecule has 0 aromatic heterocycles. The number of amides is 4. The van der Waals surface area contributed by atoms with E-state index in [1.165, 1.54) is 6.92 Å². The maximum atomic E-state index is 12.8. The van der Waals surface area contributed by atoms with Crippen molar-refractivity contribution in [3.63, 3.8) is 0 Å². The van der Waals surface area contributed by atoms with E-state index in [2.05, 4.69) is 16.0 Å². The first-order valence-corrected chi connectivity index (χ1v) is 9.62. The molecular weight excluding hydrogens is 368 g/mol. The summed E-state index contributed by atoms with van der Waals surface area (Å²) in [6, 6.07) is 13.8. The Kier molecular flexibility index (Phi) is 7.77. The molecule has 29 heavy (non-hydrogen) atoms. The predicted octanol–water partition coefficient (Wildman–Crippen LogP) is 3.84. The summed E-state index contributed by atoms with van der Waals surface area (Å²) in [4.78, 5) is 38.1. The molecule has 0 radical (unpaired) electrons. The molecule has 2 aromatic carbocycles. The molecular formula is C22H28N4O3. The van der Waals surface area contributed by atoms with Crippen molar-refractivity contribution in [2.45, 2.75) is 40.3 Å². The molecule has 3 N–H and O–H groups in total. The first-order valence-electron chi connectivity index (χ1n) is 9.62. The van der Waals surface area contributed by atoms with Gasteiger partial charge >= 0.3 is 6.03 Å². The van der Waals surface area contributed by atoms with Gasteiger partial charge < -0.3 is 20.9 Å². The van der Waals surface area contributed by atoms with Gasteiger partial charge in [0.05, 0.1) is 11.3 Å². The van der Waals surface area contributed by atoms with Crippen LogP contribution in [0.25, 0.3) is 0 Å². The highest BCUT2D eigenvalue weighted by molar-refractivity contribution is 6.10. The van der Waals surface area contributed by atoms with Crippen molar-refractivity contribution < 1.29 is 14.4 Å². The van der Waals surface area contributed by atoms with Gasteiger partial charge in [0.1, 0.15) is 0 Å². The molecule has 2 rings (SSSR count). The van der Waals surface area contributed by atoms with Gasteiger partial charge in [-0.3, -0.25) is 9.59 Å². The summed E-state index contributed by atoms with van der Waals surface area (Å²) in [7, 11) is 0. The topological polar surface area (TPSA) is 90.5 Å². The molecule has 7 heteroatoms. The number of nitrogens with zero attached hydrogens (tertiary/aromatic N) is 1. The normalized spacial score (nSPS) is 10.4.